The van der Waals surface area contributed by atoms with Crippen molar-refractivity contribution in [2.75, 3.05) is 40.6 Å². The zero-order valence-corrected chi connectivity index (χ0v) is 11.2. The molecule has 1 saturated carbocycles. The summed E-state index contributed by atoms with van der Waals surface area (Å²) in [5.41, 5.74) is 0. The predicted molar refractivity (Wildman–Crippen MR) is 68.4 cm³/mol. The minimum Gasteiger partial charge on any atom is -0.385 e. The van der Waals surface area contributed by atoms with E-state index in [1.807, 2.05) is 7.05 Å². The first-order chi connectivity index (χ1) is 8.38. The van der Waals surface area contributed by atoms with Crippen LogP contribution in [-0.2, 0) is 14.2 Å². The second-order valence-corrected chi connectivity index (χ2v) is 4.55. The Balaban J connectivity index is 1.97. The van der Waals surface area contributed by atoms with Crippen LogP contribution in [0.3, 0.4) is 0 Å². The van der Waals surface area contributed by atoms with Gasteiger partial charge in [0.05, 0.1) is 19.3 Å². The highest BCUT2D eigenvalue weighted by Crippen LogP contribution is 2.20. The van der Waals surface area contributed by atoms with Crippen LogP contribution in [0.25, 0.3) is 0 Å². The standard InChI is InChI=1S/C13H27NO3/c1-14-12-6-3-4-7-13(12)17-11-10-16-9-5-8-15-2/h12-14H,3-11H2,1-2H3. The van der Waals surface area contributed by atoms with Crippen LogP contribution in [0.5, 0.6) is 0 Å². The summed E-state index contributed by atoms with van der Waals surface area (Å²) >= 11 is 0. The summed E-state index contributed by atoms with van der Waals surface area (Å²) in [6.45, 7) is 2.93. The molecule has 0 aromatic rings. The van der Waals surface area contributed by atoms with E-state index < -0.39 is 0 Å². The Morgan fingerprint density at radius 3 is 2.65 bits per heavy atom. The number of likely N-dealkylation sites (N-methyl/N-ethyl adjacent to an activating group) is 1. The molecule has 0 radical (unpaired) electrons. The molecule has 102 valence electrons. The van der Waals surface area contributed by atoms with Crippen molar-refractivity contribution >= 4 is 0 Å². The van der Waals surface area contributed by atoms with E-state index in [1.165, 1.54) is 25.7 Å². The highest BCUT2D eigenvalue weighted by atomic mass is 16.5. The van der Waals surface area contributed by atoms with Gasteiger partial charge in [-0.3, -0.25) is 0 Å². The number of hydrogen-bond acceptors (Lipinski definition) is 4. The van der Waals surface area contributed by atoms with Crippen molar-refractivity contribution < 1.29 is 14.2 Å². The third-order valence-electron chi connectivity index (χ3n) is 3.27. The van der Waals surface area contributed by atoms with Crippen LogP contribution >= 0.6 is 0 Å². The lowest BCUT2D eigenvalue weighted by Crippen LogP contribution is -2.42. The average molecular weight is 245 g/mol. The fourth-order valence-electron chi connectivity index (χ4n) is 2.29. The molecular weight excluding hydrogens is 218 g/mol. The quantitative estimate of drug-likeness (QED) is 0.626. The number of nitrogens with one attached hydrogen (secondary N) is 1. The van der Waals surface area contributed by atoms with Crippen LogP contribution in [0.15, 0.2) is 0 Å². The van der Waals surface area contributed by atoms with Crippen molar-refractivity contribution in [1.82, 2.24) is 5.32 Å². The number of rotatable bonds is 9. The molecule has 1 aliphatic carbocycles. The lowest BCUT2D eigenvalue weighted by atomic mass is 9.92. The van der Waals surface area contributed by atoms with Gasteiger partial charge in [-0.1, -0.05) is 12.8 Å². The Kier molecular flexibility index (Phi) is 8.61. The SMILES string of the molecule is CNC1CCCCC1OCCOCCCOC. The number of hydrogen-bond donors (Lipinski definition) is 1. The largest absolute Gasteiger partial charge is 0.385 e. The van der Waals surface area contributed by atoms with Crippen LogP contribution in [0.2, 0.25) is 0 Å². The highest BCUT2D eigenvalue weighted by molar-refractivity contribution is 4.80. The average Bonchev–Trinajstić information content (AvgIpc) is 2.38. The first-order valence-corrected chi connectivity index (χ1v) is 6.74. The maximum absolute atomic E-state index is 5.87. The maximum Gasteiger partial charge on any atom is 0.0729 e. The molecule has 1 rings (SSSR count). The van der Waals surface area contributed by atoms with Gasteiger partial charge >= 0.3 is 0 Å². The van der Waals surface area contributed by atoms with Crippen molar-refractivity contribution in [3.63, 3.8) is 0 Å². The molecule has 1 aliphatic rings. The van der Waals surface area contributed by atoms with Crippen molar-refractivity contribution in [3.05, 3.63) is 0 Å². The van der Waals surface area contributed by atoms with Crippen LogP contribution < -0.4 is 5.32 Å². The van der Waals surface area contributed by atoms with Gasteiger partial charge in [-0.25, -0.2) is 0 Å². The Morgan fingerprint density at radius 2 is 1.88 bits per heavy atom. The highest BCUT2D eigenvalue weighted by Gasteiger charge is 2.23. The van der Waals surface area contributed by atoms with Gasteiger partial charge in [-0.15, -0.1) is 0 Å². The van der Waals surface area contributed by atoms with E-state index in [-0.39, 0.29) is 0 Å². The van der Waals surface area contributed by atoms with Crippen molar-refractivity contribution in [1.29, 1.82) is 0 Å². The van der Waals surface area contributed by atoms with Gasteiger partial charge in [0, 0.05) is 26.4 Å². The van der Waals surface area contributed by atoms with Crippen molar-refractivity contribution in [2.45, 2.75) is 44.2 Å². The van der Waals surface area contributed by atoms with E-state index in [0.717, 1.165) is 19.6 Å². The van der Waals surface area contributed by atoms with Gasteiger partial charge in [-0.05, 0) is 26.3 Å². The van der Waals surface area contributed by atoms with Gasteiger partial charge in [-0.2, -0.15) is 0 Å². The lowest BCUT2D eigenvalue weighted by Gasteiger charge is -2.31. The Hall–Kier alpha value is -0.160. The van der Waals surface area contributed by atoms with Crippen LogP contribution in [0, 0.1) is 0 Å². The Bertz CT molecular complexity index is 178. The summed E-state index contributed by atoms with van der Waals surface area (Å²) in [7, 11) is 3.73. The minimum absolute atomic E-state index is 0.372. The summed E-state index contributed by atoms with van der Waals surface area (Å²) in [4.78, 5) is 0. The van der Waals surface area contributed by atoms with Gasteiger partial charge in [0.1, 0.15) is 0 Å². The van der Waals surface area contributed by atoms with Crippen LogP contribution in [0.4, 0.5) is 0 Å². The fourth-order valence-corrected chi connectivity index (χ4v) is 2.29. The second kappa shape index (κ2) is 9.83. The molecule has 0 aromatic heterocycles. The monoisotopic (exact) mass is 245 g/mol. The molecule has 0 spiro atoms. The molecule has 0 aromatic carbocycles. The Labute approximate surface area is 105 Å². The third-order valence-corrected chi connectivity index (χ3v) is 3.27. The molecule has 2 unspecified atom stereocenters. The minimum atomic E-state index is 0.372. The molecule has 4 heteroatoms. The maximum atomic E-state index is 5.87. The molecule has 1 fully saturated rings. The molecule has 4 nitrogen and oxygen atoms in total. The normalized spacial score (nSPS) is 25.1. The third kappa shape index (κ3) is 6.36. The van der Waals surface area contributed by atoms with Gasteiger partial charge in [0.25, 0.3) is 0 Å². The van der Waals surface area contributed by atoms with Crippen LogP contribution in [-0.4, -0.2) is 52.7 Å². The Morgan fingerprint density at radius 1 is 1.06 bits per heavy atom. The topological polar surface area (TPSA) is 39.7 Å². The first-order valence-electron chi connectivity index (χ1n) is 6.74. The summed E-state index contributed by atoms with van der Waals surface area (Å²) in [6.07, 6.45) is 6.34. The van der Waals surface area contributed by atoms with E-state index in [1.54, 1.807) is 7.11 Å². The zero-order valence-electron chi connectivity index (χ0n) is 11.2. The molecule has 1 N–H and O–H groups in total. The van der Waals surface area contributed by atoms with Gasteiger partial charge < -0.3 is 19.5 Å². The van der Waals surface area contributed by atoms with Crippen molar-refractivity contribution in [2.24, 2.45) is 0 Å². The first kappa shape index (κ1) is 14.9. The summed E-state index contributed by atoms with van der Waals surface area (Å²) in [6, 6.07) is 0.525. The molecule has 0 bridgehead atoms. The van der Waals surface area contributed by atoms with Crippen molar-refractivity contribution in [3.8, 4) is 0 Å². The van der Waals surface area contributed by atoms with Crippen LogP contribution in [0.1, 0.15) is 32.1 Å². The summed E-state index contributed by atoms with van der Waals surface area (Å²) < 4.78 is 16.3. The fraction of sp³-hybridized carbons (Fsp3) is 1.00. The van der Waals surface area contributed by atoms with E-state index >= 15 is 0 Å². The molecular formula is C13H27NO3. The number of ether oxygens (including phenoxy) is 3. The molecule has 0 saturated heterocycles. The summed E-state index contributed by atoms with van der Waals surface area (Å²) in [5.74, 6) is 0. The molecule has 0 heterocycles. The van der Waals surface area contributed by atoms with E-state index in [9.17, 15) is 0 Å². The molecule has 0 aliphatic heterocycles. The van der Waals surface area contributed by atoms with E-state index in [2.05, 4.69) is 5.32 Å². The van der Waals surface area contributed by atoms with E-state index in [4.69, 9.17) is 14.2 Å². The molecule has 17 heavy (non-hydrogen) atoms. The molecule has 0 amide bonds. The van der Waals surface area contributed by atoms with Gasteiger partial charge in [0.2, 0.25) is 0 Å². The zero-order chi connectivity index (χ0) is 12.3. The summed E-state index contributed by atoms with van der Waals surface area (Å²) in [5, 5.41) is 3.34. The predicted octanol–water partition coefficient (Wildman–Crippen LogP) is 1.59. The smallest absolute Gasteiger partial charge is 0.0729 e. The lowest BCUT2D eigenvalue weighted by molar-refractivity contribution is -0.0260. The van der Waals surface area contributed by atoms with Gasteiger partial charge in [0.15, 0.2) is 0 Å². The number of methoxy groups -OCH3 is 1. The second-order valence-electron chi connectivity index (χ2n) is 4.55. The van der Waals surface area contributed by atoms with E-state index in [0.29, 0.717) is 25.4 Å². The molecule has 2 atom stereocenters.